The molecule has 0 aliphatic carbocycles. The average Bonchev–Trinajstić information content (AvgIpc) is 3.46. The maximum Gasteiger partial charge on any atom is 0.319 e. The zero-order valence-corrected chi connectivity index (χ0v) is 24.5. The van der Waals surface area contributed by atoms with Crippen molar-refractivity contribution >= 4 is 35.1 Å². The van der Waals surface area contributed by atoms with E-state index in [4.69, 9.17) is 21.1 Å². The quantitative estimate of drug-likeness (QED) is 0.263. The molecule has 2 fully saturated rings. The van der Waals surface area contributed by atoms with Crippen LogP contribution in [0.15, 0.2) is 54.9 Å². The average molecular weight is 605 g/mol. The summed E-state index contributed by atoms with van der Waals surface area (Å²) in [5.74, 6) is 2.07. The summed E-state index contributed by atoms with van der Waals surface area (Å²) in [4.78, 5) is 23.6. The zero-order chi connectivity index (χ0) is 29.6. The Hall–Kier alpha value is -4.49. The number of nitrogens with zero attached hydrogens (tertiary/aromatic N) is 7. The number of benzene rings is 1. The molecular weight excluding hydrogens is 572 g/mol. The Balaban J connectivity index is 0.963. The van der Waals surface area contributed by atoms with E-state index in [1.165, 1.54) is 6.20 Å². The van der Waals surface area contributed by atoms with E-state index in [2.05, 4.69) is 46.1 Å². The predicted octanol–water partition coefficient (Wildman–Crippen LogP) is 4.49. The highest BCUT2D eigenvalue weighted by Crippen LogP contribution is 2.29. The molecule has 13 nitrogen and oxygen atoms in total. The molecule has 2 saturated heterocycles. The van der Waals surface area contributed by atoms with Crippen molar-refractivity contribution in [1.82, 2.24) is 35.3 Å². The summed E-state index contributed by atoms with van der Waals surface area (Å²) >= 11 is 6.28. The monoisotopic (exact) mass is 604 g/mol. The van der Waals surface area contributed by atoms with Gasteiger partial charge in [0.25, 0.3) is 0 Å². The van der Waals surface area contributed by atoms with E-state index in [0.717, 1.165) is 56.0 Å². The number of hydrogen-bond acceptors (Lipinski definition) is 10. The van der Waals surface area contributed by atoms with E-state index in [-0.39, 0.29) is 24.0 Å². The molecule has 1 aromatic carbocycles. The number of amides is 2. The Kier molecular flexibility index (Phi) is 8.80. The Labute approximate surface area is 254 Å². The summed E-state index contributed by atoms with van der Waals surface area (Å²) in [6.07, 6.45) is 6.64. The Morgan fingerprint density at radius 2 is 1.79 bits per heavy atom. The molecule has 4 aromatic rings. The SMILES string of the molecule is Cn1nccc1-c1ccc(N2CCC(NC(=O)Nc3ccc(Oc4nc(NC5CCOCC5)ncc4Cl)cc3)CC2)nn1. The molecule has 0 radical (unpaired) electrons. The van der Waals surface area contributed by atoms with Crippen LogP contribution in [0.2, 0.25) is 5.02 Å². The van der Waals surface area contributed by atoms with Gasteiger partial charge in [-0.25, -0.2) is 9.78 Å². The summed E-state index contributed by atoms with van der Waals surface area (Å²) in [5, 5.41) is 22.5. The third kappa shape index (κ3) is 7.30. The van der Waals surface area contributed by atoms with Crippen molar-refractivity contribution in [2.24, 2.45) is 7.05 Å². The summed E-state index contributed by atoms with van der Waals surface area (Å²) in [6, 6.07) is 12.9. The number of nitrogens with one attached hydrogen (secondary N) is 3. The molecule has 3 aromatic heterocycles. The van der Waals surface area contributed by atoms with Gasteiger partial charge in [-0.3, -0.25) is 4.68 Å². The van der Waals surface area contributed by atoms with Crippen LogP contribution in [0.3, 0.4) is 0 Å². The van der Waals surface area contributed by atoms with Crippen molar-refractivity contribution in [2.75, 3.05) is 41.8 Å². The van der Waals surface area contributed by atoms with Gasteiger partial charge in [-0.15, -0.1) is 10.2 Å². The Bertz CT molecular complexity index is 1520. The number of carbonyl (C=O) groups excluding carboxylic acids is 1. The topological polar surface area (TPSA) is 144 Å². The van der Waals surface area contributed by atoms with E-state index in [1.807, 2.05) is 25.2 Å². The fourth-order valence-electron chi connectivity index (χ4n) is 5.10. The first kappa shape index (κ1) is 28.6. The second-order valence-corrected chi connectivity index (χ2v) is 10.9. The van der Waals surface area contributed by atoms with Crippen LogP contribution in [0.4, 0.5) is 22.2 Å². The minimum absolute atomic E-state index is 0.0596. The van der Waals surface area contributed by atoms with Crippen LogP contribution in [0.1, 0.15) is 25.7 Å². The number of urea groups is 1. The number of hydrogen-bond donors (Lipinski definition) is 3. The van der Waals surface area contributed by atoms with Crippen molar-refractivity contribution in [3.63, 3.8) is 0 Å². The molecule has 2 aliphatic rings. The molecule has 14 heteroatoms. The van der Waals surface area contributed by atoms with Crippen molar-refractivity contribution < 1.29 is 14.3 Å². The lowest BCUT2D eigenvalue weighted by atomic mass is 10.1. The van der Waals surface area contributed by atoms with Gasteiger partial charge in [0, 0.05) is 57.3 Å². The van der Waals surface area contributed by atoms with E-state index in [0.29, 0.717) is 35.6 Å². The van der Waals surface area contributed by atoms with Crippen LogP contribution >= 0.6 is 11.6 Å². The molecule has 5 heterocycles. The lowest BCUT2D eigenvalue weighted by molar-refractivity contribution is 0.0903. The van der Waals surface area contributed by atoms with Crippen LogP contribution in [0.25, 0.3) is 11.4 Å². The van der Waals surface area contributed by atoms with Crippen molar-refractivity contribution in [1.29, 1.82) is 0 Å². The number of halogens is 1. The molecule has 0 bridgehead atoms. The first-order valence-electron chi connectivity index (χ1n) is 14.3. The number of aryl methyl sites for hydroxylation is 1. The second kappa shape index (κ2) is 13.2. The van der Waals surface area contributed by atoms with Crippen molar-refractivity contribution in [2.45, 2.75) is 37.8 Å². The highest BCUT2D eigenvalue weighted by molar-refractivity contribution is 6.31. The van der Waals surface area contributed by atoms with Crippen molar-refractivity contribution in [3.8, 4) is 23.0 Å². The van der Waals surface area contributed by atoms with Gasteiger partial charge >= 0.3 is 6.03 Å². The largest absolute Gasteiger partial charge is 0.437 e. The number of aromatic nitrogens is 6. The molecule has 2 aliphatic heterocycles. The van der Waals surface area contributed by atoms with E-state index in [1.54, 1.807) is 35.1 Å². The maximum atomic E-state index is 12.7. The minimum atomic E-state index is -0.255. The molecule has 0 saturated carbocycles. The van der Waals surface area contributed by atoms with Gasteiger partial charge < -0.3 is 30.3 Å². The summed E-state index contributed by atoms with van der Waals surface area (Å²) < 4.78 is 13.1. The third-order valence-electron chi connectivity index (χ3n) is 7.48. The van der Waals surface area contributed by atoms with E-state index < -0.39 is 0 Å². The molecule has 2 amide bonds. The number of carbonyl (C=O) groups is 1. The first-order valence-corrected chi connectivity index (χ1v) is 14.7. The van der Waals surface area contributed by atoms with Crippen LogP contribution in [-0.2, 0) is 11.8 Å². The molecule has 0 atom stereocenters. The Morgan fingerprint density at radius 3 is 2.49 bits per heavy atom. The lowest BCUT2D eigenvalue weighted by Gasteiger charge is -2.32. The second-order valence-electron chi connectivity index (χ2n) is 10.5. The molecule has 43 heavy (non-hydrogen) atoms. The maximum absolute atomic E-state index is 12.7. The van der Waals surface area contributed by atoms with Gasteiger partial charge in [-0.1, -0.05) is 11.6 Å². The lowest BCUT2D eigenvalue weighted by Crippen LogP contribution is -2.46. The van der Waals surface area contributed by atoms with Crippen LogP contribution in [0, 0.1) is 0 Å². The van der Waals surface area contributed by atoms with Crippen molar-refractivity contribution in [3.05, 3.63) is 59.9 Å². The zero-order valence-electron chi connectivity index (χ0n) is 23.7. The number of rotatable bonds is 8. The number of ether oxygens (including phenoxy) is 2. The molecule has 0 spiro atoms. The predicted molar refractivity (Wildman–Crippen MR) is 163 cm³/mol. The van der Waals surface area contributed by atoms with Gasteiger partial charge in [0.1, 0.15) is 16.5 Å². The molecule has 3 N–H and O–H groups in total. The van der Waals surface area contributed by atoms with Crippen LogP contribution < -0.4 is 25.6 Å². The van der Waals surface area contributed by atoms with Crippen LogP contribution in [-0.4, -0.2) is 74.4 Å². The van der Waals surface area contributed by atoms with Crippen LogP contribution in [0.5, 0.6) is 11.6 Å². The standard InChI is InChI=1S/C29H33ClN10O3/c1-39-25(8-13-32-39)24-6-7-26(38-37-24)40-14-9-20(10-15-40)35-29(41)34-19-2-4-22(5-3-19)43-27-23(30)18-31-28(36-27)33-21-11-16-42-17-12-21/h2-8,13,18,20-21H,9-12,14-17H2,1H3,(H,31,33,36)(H2,34,35,41). The first-order chi connectivity index (χ1) is 21.0. The smallest absolute Gasteiger partial charge is 0.319 e. The molecule has 0 unspecified atom stereocenters. The summed E-state index contributed by atoms with van der Waals surface area (Å²) in [7, 11) is 1.88. The van der Waals surface area contributed by atoms with Gasteiger partial charge in [-0.2, -0.15) is 10.1 Å². The third-order valence-corrected chi connectivity index (χ3v) is 7.74. The number of piperidine rings is 1. The fraction of sp³-hybridized carbons (Fsp3) is 0.379. The minimum Gasteiger partial charge on any atom is -0.437 e. The summed E-state index contributed by atoms with van der Waals surface area (Å²) in [5.41, 5.74) is 2.33. The van der Waals surface area contributed by atoms with Gasteiger partial charge in [0.15, 0.2) is 5.82 Å². The molecular formula is C29H33ClN10O3. The van der Waals surface area contributed by atoms with Gasteiger partial charge in [-0.05, 0) is 68.1 Å². The van der Waals surface area contributed by atoms with Gasteiger partial charge in [0.2, 0.25) is 11.8 Å². The fourth-order valence-corrected chi connectivity index (χ4v) is 5.23. The van der Waals surface area contributed by atoms with E-state index in [9.17, 15) is 4.79 Å². The van der Waals surface area contributed by atoms with Gasteiger partial charge in [0.05, 0.1) is 11.9 Å². The molecule has 224 valence electrons. The Morgan fingerprint density at radius 1 is 1.00 bits per heavy atom. The molecule has 6 rings (SSSR count). The highest BCUT2D eigenvalue weighted by atomic mass is 35.5. The summed E-state index contributed by atoms with van der Waals surface area (Å²) in [6.45, 7) is 2.97. The number of anilines is 3. The van der Waals surface area contributed by atoms with E-state index >= 15 is 0 Å². The highest BCUT2D eigenvalue weighted by Gasteiger charge is 2.22. The normalized spacial score (nSPS) is 16.1.